The summed E-state index contributed by atoms with van der Waals surface area (Å²) in [6.07, 6.45) is 0. The summed E-state index contributed by atoms with van der Waals surface area (Å²) >= 11 is 7.06. The molecule has 3 nitrogen and oxygen atoms in total. The van der Waals surface area contributed by atoms with Crippen molar-refractivity contribution in [3.05, 3.63) is 35.4 Å². The average Bonchev–Trinajstić information content (AvgIpc) is 2.36. The smallest absolute Gasteiger partial charge is 0.167 e. The van der Waals surface area contributed by atoms with Gasteiger partial charge in [-0.2, -0.15) is 0 Å². The fraction of sp³-hybridized carbons (Fsp3) is 0.462. The maximum Gasteiger partial charge on any atom is 0.167 e. The average molecular weight is 283 g/mol. The van der Waals surface area contributed by atoms with E-state index in [1.807, 2.05) is 5.12 Å². The molecule has 0 aliphatic carbocycles. The summed E-state index contributed by atoms with van der Waals surface area (Å²) < 4.78 is 0.820. The quantitative estimate of drug-likeness (QED) is 0.618. The molecule has 1 aromatic carbocycles. The SMILES string of the molecule is CCNN(NCC)C(=S)SCc1cccc(C)c1. The van der Waals surface area contributed by atoms with E-state index < -0.39 is 0 Å². The molecule has 0 spiro atoms. The molecule has 0 atom stereocenters. The summed E-state index contributed by atoms with van der Waals surface area (Å²) in [6, 6.07) is 8.52. The van der Waals surface area contributed by atoms with Gasteiger partial charge in [0.05, 0.1) is 0 Å². The van der Waals surface area contributed by atoms with E-state index in [0.717, 1.165) is 23.2 Å². The van der Waals surface area contributed by atoms with Crippen molar-refractivity contribution in [2.75, 3.05) is 13.1 Å². The third-order valence-corrected chi connectivity index (χ3v) is 3.70. The van der Waals surface area contributed by atoms with Crippen LogP contribution in [0.25, 0.3) is 0 Å². The van der Waals surface area contributed by atoms with Crippen molar-refractivity contribution in [2.24, 2.45) is 0 Å². The van der Waals surface area contributed by atoms with Crippen molar-refractivity contribution < 1.29 is 0 Å². The highest BCUT2D eigenvalue weighted by atomic mass is 32.2. The zero-order valence-corrected chi connectivity index (χ0v) is 12.8. The van der Waals surface area contributed by atoms with Crippen LogP contribution in [-0.4, -0.2) is 22.5 Å². The third-order valence-electron chi connectivity index (χ3n) is 2.26. The Morgan fingerprint density at radius 1 is 1.28 bits per heavy atom. The minimum Gasteiger partial charge on any atom is -0.224 e. The van der Waals surface area contributed by atoms with Crippen molar-refractivity contribution >= 4 is 28.3 Å². The van der Waals surface area contributed by atoms with Gasteiger partial charge in [-0.3, -0.25) is 0 Å². The highest BCUT2D eigenvalue weighted by Crippen LogP contribution is 2.16. The number of hydrazine groups is 2. The molecule has 0 amide bonds. The number of benzene rings is 1. The number of nitrogens with one attached hydrogen (secondary N) is 2. The Morgan fingerprint density at radius 2 is 1.94 bits per heavy atom. The van der Waals surface area contributed by atoms with E-state index in [2.05, 4.69) is 55.9 Å². The van der Waals surface area contributed by atoms with Crippen LogP contribution >= 0.6 is 24.0 Å². The van der Waals surface area contributed by atoms with Crippen molar-refractivity contribution in [1.29, 1.82) is 0 Å². The molecule has 0 bridgehead atoms. The summed E-state index contributed by atoms with van der Waals surface area (Å²) in [6.45, 7) is 7.91. The zero-order valence-electron chi connectivity index (χ0n) is 11.2. The number of aryl methyl sites for hydroxylation is 1. The molecule has 18 heavy (non-hydrogen) atoms. The second-order valence-corrected chi connectivity index (χ2v) is 5.51. The Bertz CT molecular complexity index is 376. The first-order chi connectivity index (χ1) is 8.67. The molecule has 0 fully saturated rings. The number of rotatable bonds is 6. The molecule has 0 saturated carbocycles. The van der Waals surface area contributed by atoms with Crippen molar-refractivity contribution in [3.63, 3.8) is 0 Å². The van der Waals surface area contributed by atoms with Gasteiger partial charge in [0.15, 0.2) is 4.32 Å². The number of hydrogen-bond acceptors (Lipinski definition) is 4. The van der Waals surface area contributed by atoms with E-state index in [-0.39, 0.29) is 0 Å². The molecule has 0 aliphatic heterocycles. The number of thiocarbonyl (C=S) groups is 1. The van der Waals surface area contributed by atoms with Gasteiger partial charge in [0, 0.05) is 18.8 Å². The lowest BCUT2D eigenvalue weighted by atomic mass is 10.2. The molecule has 2 N–H and O–H groups in total. The normalized spacial score (nSPS) is 10.4. The molecule has 0 saturated heterocycles. The van der Waals surface area contributed by atoms with E-state index in [1.54, 1.807) is 11.8 Å². The lowest BCUT2D eigenvalue weighted by Crippen LogP contribution is -2.50. The predicted octanol–water partition coefficient (Wildman–Crippen LogP) is 2.86. The Morgan fingerprint density at radius 3 is 2.50 bits per heavy atom. The Balaban J connectivity index is 2.48. The monoisotopic (exact) mass is 283 g/mol. The van der Waals surface area contributed by atoms with Crippen LogP contribution in [0.4, 0.5) is 0 Å². The summed E-state index contributed by atoms with van der Waals surface area (Å²) in [7, 11) is 0. The van der Waals surface area contributed by atoms with Gasteiger partial charge < -0.3 is 0 Å². The molecule has 0 aliphatic rings. The first kappa shape index (κ1) is 15.4. The summed E-state index contributed by atoms with van der Waals surface area (Å²) in [4.78, 5) is 0. The molecule has 0 unspecified atom stereocenters. The van der Waals surface area contributed by atoms with E-state index in [1.165, 1.54) is 11.1 Å². The van der Waals surface area contributed by atoms with E-state index in [4.69, 9.17) is 12.2 Å². The molecule has 1 rings (SSSR count). The topological polar surface area (TPSA) is 27.3 Å². The second kappa shape index (κ2) is 8.48. The largest absolute Gasteiger partial charge is 0.224 e. The van der Waals surface area contributed by atoms with Gasteiger partial charge in [-0.05, 0) is 24.7 Å². The molecule has 0 radical (unpaired) electrons. The van der Waals surface area contributed by atoms with Gasteiger partial charge in [0.2, 0.25) is 0 Å². The fourth-order valence-electron chi connectivity index (χ4n) is 1.51. The highest BCUT2D eigenvalue weighted by Gasteiger charge is 2.08. The van der Waals surface area contributed by atoms with Crippen LogP contribution < -0.4 is 10.9 Å². The van der Waals surface area contributed by atoms with Crippen LogP contribution in [0.3, 0.4) is 0 Å². The zero-order chi connectivity index (χ0) is 13.4. The Hall–Kier alpha value is -0.620. The van der Waals surface area contributed by atoms with Gasteiger partial charge in [-0.15, -0.1) is 0 Å². The van der Waals surface area contributed by atoms with Crippen molar-refractivity contribution in [2.45, 2.75) is 26.5 Å². The van der Waals surface area contributed by atoms with E-state index >= 15 is 0 Å². The molecule has 5 heteroatoms. The van der Waals surface area contributed by atoms with Crippen LogP contribution in [-0.2, 0) is 5.75 Å². The van der Waals surface area contributed by atoms with Gasteiger partial charge >= 0.3 is 0 Å². The minimum atomic E-state index is 0.820. The first-order valence-corrected chi connectivity index (χ1v) is 7.56. The predicted molar refractivity (Wildman–Crippen MR) is 84.3 cm³/mol. The van der Waals surface area contributed by atoms with E-state index in [0.29, 0.717) is 0 Å². The fourth-order valence-corrected chi connectivity index (χ4v) is 2.55. The van der Waals surface area contributed by atoms with Gasteiger partial charge in [-0.1, -0.05) is 55.4 Å². The lowest BCUT2D eigenvalue weighted by molar-refractivity contribution is 0.241. The molecular weight excluding hydrogens is 262 g/mol. The maximum absolute atomic E-state index is 5.40. The van der Waals surface area contributed by atoms with Crippen molar-refractivity contribution in [3.8, 4) is 0 Å². The van der Waals surface area contributed by atoms with Gasteiger partial charge in [0.25, 0.3) is 0 Å². The van der Waals surface area contributed by atoms with Crippen LogP contribution in [0, 0.1) is 6.92 Å². The molecule has 100 valence electrons. The van der Waals surface area contributed by atoms with Crippen molar-refractivity contribution in [1.82, 2.24) is 16.0 Å². The highest BCUT2D eigenvalue weighted by molar-refractivity contribution is 8.22. The van der Waals surface area contributed by atoms with Gasteiger partial charge in [0.1, 0.15) is 0 Å². The van der Waals surface area contributed by atoms with Crippen LogP contribution in [0.15, 0.2) is 24.3 Å². The number of nitrogens with zero attached hydrogens (tertiary/aromatic N) is 1. The molecular formula is C13H21N3S2. The third kappa shape index (κ3) is 5.35. The summed E-state index contributed by atoms with van der Waals surface area (Å²) in [5.41, 5.74) is 8.97. The van der Waals surface area contributed by atoms with Crippen LogP contribution in [0.1, 0.15) is 25.0 Å². The Kier molecular flexibility index (Phi) is 7.27. The second-order valence-electron chi connectivity index (χ2n) is 3.90. The van der Waals surface area contributed by atoms with Crippen LogP contribution in [0.5, 0.6) is 0 Å². The molecule has 0 aromatic heterocycles. The summed E-state index contributed by atoms with van der Waals surface area (Å²) in [5, 5.41) is 1.83. The number of hydrogen-bond donors (Lipinski definition) is 2. The maximum atomic E-state index is 5.40. The number of thioether (sulfide) groups is 1. The Labute approximate surface area is 119 Å². The minimum absolute atomic E-state index is 0.820. The molecule has 1 aromatic rings. The van der Waals surface area contributed by atoms with Gasteiger partial charge in [-0.25, -0.2) is 16.0 Å². The summed E-state index contributed by atoms with van der Waals surface area (Å²) in [5.74, 6) is 0.897. The first-order valence-electron chi connectivity index (χ1n) is 6.16. The lowest BCUT2D eigenvalue weighted by Gasteiger charge is -2.24. The van der Waals surface area contributed by atoms with Crippen LogP contribution in [0.2, 0.25) is 0 Å². The standard InChI is InChI=1S/C13H21N3S2/c1-4-14-16(15-5-2)13(17)18-10-12-8-6-7-11(3)9-12/h6-9,14-15H,4-5,10H2,1-3H3. The molecule has 0 heterocycles. The van der Waals surface area contributed by atoms with E-state index in [9.17, 15) is 0 Å².